The molecule has 4 nitrogen and oxygen atoms in total. The second-order valence-corrected chi connectivity index (χ2v) is 5.37. The molecule has 0 radical (unpaired) electrons. The third-order valence-corrected chi connectivity index (χ3v) is 3.81. The summed E-state index contributed by atoms with van der Waals surface area (Å²) in [5, 5.41) is 0. The first-order valence-electron chi connectivity index (χ1n) is 7.47. The van der Waals surface area contributed by atoms with Crippen molar-refractivity contribution in [2.75, 3.05) is 18.1 Å². The van der Waals surface area contributed by atoms with Gasteiger partial charge in [0.15, 0.2) is 5.78 Å². The molecule has 1 amide bonds. The lowest BCUT2D eigenvalue weighted by atomic mass is 10.1. The number of cyclic esters (lactones) is 1. The van der Waals surface area contributed by atoms with Gasteiger partial charge in [-0.25, -0.2) is 4.79 Å². The highest BCUT2D eigenvalue weighted by molar-refractivity contribution is 6.07. The van der Waals surface area contributed by atoms with E-state index in [0.717, 1.165) is 11.1 Å². The van der Waals surface area contributed by atoms with Gasteiger partial charge in [0.05, 0.1) is 6.54 Å². The normalized spacial score (nSPS) is 14.3. The summed E-state index contributed by atoms with van der Waals surface area (Å²) in [5.74, 6) is -0.0948. The first kappa shape index (κ1) is 15.0. The fraction of sp³-hybridized carbons (Fsp3) is 0.158. The molecule has 0 aromatic heterocycles. The van der Waals surface area contributed by atoms with Crippen molar-refractivity contribution < 1.29 is 14.3 Å². The lowest BCUT2D eigenvalue weighted by Crippen LogP contribution is -2.23. The van der Waals surface area contributed by atoms with Crippen LogP contribution in [0.1, 0.15) is 21.5 Å². The molecular weight excluding hydrogens is 290 g/mol. The number of benzene rings is 2. The number of hydrogen-bond acceptors (Lipinski definition) is 3. The third kappa shape index (κ3) is 3.31. The number of nitrogens with zero attached hydrogens (tertiary/aromatic N) is 1. The Kier molecular flexibility index (Phi) is 4.24. The zero-order valence-electron chi connectivity index (χ0n) is 12.9. The first-order chi connectivity index (χ1) is 11.1. The third-order valence-electron chi connectivity index (χ3n) is 3.81. The monoisotopic (exact) mass is 307 g/mol. The zero-order valence-corrected chi connectivity index (χ0v) is 12.9. The highest BCUT2D eigenvalue weighted by Crippen LogP contribution is 2.20. The molecule has 1 fully saturated rings. The SMILES string of the molecule is Cc1ccccc1/C=C/C(=O)c1cccc(N2CCOC2=O)c1. The molecule has 3 rings (SSSR count). The summed E-state index contributed by atoms with van der Waals surface area (Å²) in [6.45, 7) is 2.89. The number of anilines is 1. The van der Waals surface area contributed by atoms with Gasteiger partial charge in [0.1, 0.15) is 6.61 Å². The van der Waals surface area contributed by atoms with Gasteiger partial charge in [-0.05, 0) is 36.3 Å². The van der Waals surface area contributed by atoms with Crippen molar-refractivity contribution in [2.24, 2.45) is 0 Å². The van der Waals surface area contributed by atoms with E-state index in [1.165, 1.54) is 4.90 Å². The van der Waals surface area contributed by atoms with Crippen molar-refractivity contribution in [1.82, 2.24) is 0 Å². The maximum Gasteiger partial charge on any atom is 0.414 e. The lowest BCUT2D eigenvalue weighted by Gasteiger charge is -2.13. The van der Waals surface area contributed by atoms with Gasteiger partial charge in [-0.3, -0.25) is 9.69 Å². The fourth-order valence-electron chi connectivity index (χ4n) is 2.49. The molecule has 0 aliphatic carbocycles. The van der Waals surface area contributed by atoms with Crippen molar-refractivity contribution in [1.29, 1.82) is 0 Å². The van der Waals surface area contributed by atoms with Gasteiger partial charge in [-0.2, -0.15) is 0 Å². The van der Waals surface area contributed by atoms with Crippen LogP contribution >= 0.6 is 0 Å². The minimum Gasteiger partial charge on any atom is -0.447 e. The van der Waals surface area contributed by atoms with Crippen molar-refractivity contribution in [2.45, 2.75) is 6.92 Å². The van der Waals surface area contributed by atoms with E-state index in [2.05, 4.69) is 0 Å². The summed E-state index contributed by atoms with van der Waals surface area (Å²) in [5.41, 5.74) is 3.36. The number of carbonyl (C=O) groups excluding carboxylic acids is 2. The van der Waals surface area contributed by atoms with E-state index >= 15 is 0 Å². The van der Waals surface area contributed by atoms with E-state index < -0.39 is 0 Å². The van der Waals surface area contributed by atoms with Crippen molar-refractivity contribution in [3.05, 3.63) is 71.3 Å². The summed E-state index contributed by atoms with van der Waals surface area (Å²) < 4.78 is 4.93. The molecule has 1 aliphatic rings. The van der Waals surface area contributed by atoms with Gasteiger partial charge < -0.3 is 4.74 Å². The molecule has 0 N–H and O–H groups in total. The quantitative estimate of drug-likeness (QED) is 0.637. The maximum absolute atomic E-state index is 12.4. The minimum absolute atomic E-state index is 0.0948. The maximum atomic E-state index is 12.4. The van der Waals surface area contributed by atoms with Crippen LogP contribution in [-0.4, -0.2) is 25.0 Å². The lowest BCUT2D eigenvalue weighted by molar-refractivity contribution is 0.104. The standard InChI is InChI=1S/C19H17NO3/c1-14-5-2-3-6-15(14)9-10-18(21)16-7-4-8-17(13-16)20-11-12-23-19(20)22/h2-10,13H,11-12H2,1H3/b10-9+. The highest BCUT2D eigenvalue weighted by atomic mass is 16.6. The minimum atomic E-state index is -0.370. The fourth-order valence-corrected chi connectivity index (χ4v) is 2.49. The Bertz CT molecular complexity index is 780. The van der Waals surface area contributed by atoms with Gasteiger partial charge in [0.25, 0.3) is 0 Å². The van der Waals surface area contributed by atoms with Crippen LogP contribution in [-0.2, 0) is 4.74 Å². The largest absolute Gasteiger partial charge is 0.447 e. The van der Waals surface area contributed by atoms with E-state index in [1.54, 1.807) is 30.3 Å². The van der Waals surface area contributed by atoms with Gasteiger partial charge in [-0.15, -0.1) is 0 Å². The Labute approximate surface area is 135 Å². The molecule has 2 aromatic rings. The van der Waals surface area contributed by atoms with Crippen LogP contribution < -0.4 is 4.90 Å². The molecule has 1 heterocycles. The van der Waals surface area contributed by atoms with E-state index in [-0.39, 0.29) is 11.9 Å². The highest BCUT2D eigenvalue weighted by Gasteiger charge is 2.23. The molecule has 0 bridgehead atoms. The number of amides is 1. The van der Waals surface area contributed by atoms with Crippen molar-refractivity contribution >= 4 is 23.6 Å². The van der Waals surface area contributed by atoms with Gasteiger partial charge >= 0.3 is 6.09 Å². The van der Waals surface area contributed by atoms with Crippen LogP contribution in [0.3, 0.4) is 0 Å². The van der Waals surface area contributed by atoms with Crippen molar-refractivity contribution in [3.63, 3.8) is 0 Å². The Morgan fingerprint density at radius 1 is 1.17 bits per heavy atom. The molecule has 0 atom stereocenters. The average molecular weight is 307 g/mol. The van der Waals surface area contributed by atoms with E-state index in [1.807, 2.05) is 37.3 Å². The number of rotatable bonds is 4. The number of ketones is 1. The summed E-state index contributed by atoms with van der Waals surface area (Å²) in [4.78, 5) is 25.5. The predicted molar refractivity (Wildman–Crippen MR) is 89.7 cm³/mol. The molecular formula is C19H17NO3. The molecule has 23 heavy (non-hydrogen) atoms. The van der Waals surface area contributed by atoms with Gasteiger partial charge in [0.2, 0.25) is 0 Å². The summed E-state index contributed by atoms with van der Waals surface area (Å²) in [6, 6.07) is 14.9. The molecule has 4 heteroatoms. The molecule has 0 saturated carbocycles. The number of ether oxygens (including phenoxy) is 1. The summed E-state index contributed by atoms with van der Waals surface area (Å²) >= 11 is 0. The van der Waals surface area contributed by atoms with E-state index in [9.17, 15) is 9.59 Å². The van der Waals surface area contributed by atoms with Crippen LogP contribution in [0.2, 0.25) is 0 Å². The summed E-state index contributed by atoms with van der Waals surface area (Å²) in [6.07, 6.45) is 3.00. The summed E-state index contributed by atoms with van der Waals surface area (Å²) in [7, 11) is 0. The molecule has 1 saturated heterocycles. The Balaban J connectivity index is 1.80. The second-order valence-electron chi connectivity index (χ2n) is 5.37. The number of hydrogen-bond donors (Lipinski definition) is 0. The van der Waals surface area contributed by atoms with E-state index in [0.29, 0.717) is 24.4 Å². The molecule has 1 aliphatic heterocycles. The van der Waals surface area contributed by atoms with Gasteiger partial charge in [0, 0.05) is 11.3 Å². The van der Waals surface area contributed by atoms with Crippen LogP contribution in [0.5, 0.6) is 0 Å². The number of aryl methyl sites for hydroxylation is 1. The van der Waals surface area contributed by atoms with Gasteiger partial charge in [-0.1, -0.05) is 42.5 Å². The smallest absolute Gasteiger partial charge is 0.414 e. The Morgan fingerprint density at radius 2 is 2.00 bits per heavy atom. The molecule has 0 unspecified atom stereocenters. The zero-order chi connectivity index (χ0) is 16.2. The van der Waals surface area contributed by atoms with E-state index in [4.69, 9.17) is 4.74 Å². The molecule has 2 aromatic carbocycles. The van der Waals surface area contributed by atoms with Crippen LogP contribution in [0.4, 0.5) is 10.5 Å². The second kappa shape index (κ2) is 6.48. The number of carbonyl (C=O) groups is 2. The first-order valence-corrected chi connectivity index (χ1v) is 7.47. The number of allylic oxidation sites excluding steroid dienone is 1. The van der Waals surface area contributed by atoms with Crippen LogP contribution in [0.25, 0.3) is 6.08 Å². The van der Waals surface area contributed by atoms with Crippen LogP contribution in [0.15, 0.2) is 54.6 Å². The predicted octanol–water partition coefficient (Wildman–Crippen LogP) is 3.85. The Morgan fingerprint density at radius 3 is 2.74 bits per heavy atom. The topological polar surface area (TPSA) is 46.6 Å². The van der Waals surface area contributed by atoms with Crippen LogP contribution in [0, 0.1) is 6.92 Å². The van der Waals surface area contributed by atoms with Crippen molar-refractivity contribution in [3.8, 4) is 0 Å². The average Bonchev–Trinajstić information content (AvgIpc) is 3.00. The molecule has 116 valence electrons. The Hall–Kier alpha value is -2.88. The molecule has 0 spiro atoms.